The number of dihydropyridines is 1. The third-order valence-corrected chi connectivity index (χ3v) is 6.09. The zero-order valence-corrected chi connectivity index (χ0v) is 18.4. The molecule has 1 aromatic carbocycles. The van der Waals surface area contributed by atoms with Crippen LogP contribution in [0.1, 0.15) is 20.3 Å². The Morgan fingerprint density at radius 3 is 2.68 bits per heavy atom. The van der Waals surface area contributed by atoms with E-state index in [1.165, 1.54) is 11.6 Å². The quantitative estimate of drug-likeness (QED) is 0.676. The summed E-state index contributed by atoms with van der Waals surface area (Å²) >= 11 is 1.15. The summed E-state index contributed by atoms with van der Waals surface area (Å²) in [5, 5.41) is 2.42. The molecule has 10 heteroatoms. The van der Waals surface area contributed by atoms with Crippen LogP contribution in [-0.2, 0) is 9.59 Å². The van der Waals surface area contributed by atoms with Crippen LogP contribution in [0.4, 0.5) is 19.3 Å². The molecule has 1 aromatic rings. The molecule has 4 amide bonds. The molecule has 0 radical (unpaired) electrons. The van der Waals surface area contributed by atoms with Crippen molar-refractivity contribution < 1.29 is 27.7 Å². The van der Waals surface area contributed by atoms with Gasteiger partial charge in [0.2, 0.25) is 5.91 Å². The highest BCUT2D eigenvalue weighted by Crippen LogP contribution is 2.36. The standard InChI is InChI=1S/C21H22F2N4O3S/c1-11(2)7-12-9-24-19-17(20(29)27(4)21(30)26(19)3)18(12)31-10-16(28)25-15-6-5-13(22)8-14(15)23/h5-6,8-9,11,17H,7,10H2,1-4H3/p+1. The fraction of sp³-hybridized carbons (Fsp3) is 0.381. The summed E-state index contributed by atoms with van der Waals surface area (Å²) in [4.78, 5) is 43.7. The SMILES string of the molecule is CC(C)CC1=C(SCC(=O)Nc2ccc(F)cc2F)C2C(=O)N(C)C(=O)[N+](C)=C2N=C1. The van der Waals surface area contributed by atoms with E-state index in [1.54, 1.807) is 13.3 Å². The molecule has 0 aliphatic carbocycles. The molecule has 164 valence electrons. The van der Waals surface area contributed by atoms with Gasteiger partial charge in [0.15, 0.2) is 5.92 Å². The van der Waals surface area contributed by atoms with Crippen LogP contribution in [0, 0.1) is 23.5 Å². The minimum absolute atomic E-state index is 0.0972. The van der Waals surface area contributed by atoms with Crippen LogP contribution in [0.15, 0.2) is 33.7 Å². The number of urea groups is 1. The van der Waals surface area contributed by atoms with Gasteiger partial charge in [0, 0.05) is 11.0 Å². The van der Waals surface area contributed by atoms with Gasteiger partial charge in [-0.05, 0) is 30.0 Å². The van der Waals surface area contributed by atoms with Gasteiger partial charge in [-0.1, -0.05) is 13.8 Å². The van der Waals surface area contributed by atoms with Gasteiger partial charge in [0.25, 0.3) is 5.84 Å². The van der Waals surface area contributed by atoms with E-state index in [1.807, 2.05) is 13.8 Å². The summed E-state index contributed by atoms with van der Waals surface area (Å²) < 4.78 is 28.2. The van der Waals surface area contributed by atoms with E-state index in [2.05, 4.69) is 10.3 Å². The van der Waals surface area contributed by atoms with Crippen LogP contribution < -0.4 is 5.32 Å². The highest BCUT2D eigenvalue weighted by molar-refractivity contribution is 8.03. The first-order valence-electron chi connectivity index (χ1n) is 9.67. The van der Waals surface area contributed by atoms with Crippen LogP contribution in [0.5, 0.6) is 0 Å². The molecule has 31 heavy (non-hydrogen) atoms. The fourth-order valence-electron chi connectivity index (χ4n) is 3.39. The van der Waals surface area contributed by atoms with Crippen LogP contribution in [0.3, 0.4) is 0 Å². The van der Waals surface area contributed by atoms with E-state index in [0.29, 0.717) is 23.2 Å². The summed E-state index contributed by atoms with van der Waals surface area (Å²) in [5.41, 5.74) is 0.693. The third-order valence-electron chi connectivity index (χ3n) is 4.88. The van der Waals surface area contributed by atoms with Gasteiger partial charge < -0.3 is 5.32 Å². The monoisotopic (exact) mass is 449 g/mol. The van der Waals surface area contributed by atoms with Crippen molar-refractivity contribution in [2.45, 2.75) is 20.3 Å². The lowest BCUT2D eigenvalue weighted by atomic mass is 9.94. The van der Waals surface area contributed by atoms with Crippen LogP contribution >= 0.6 is 11.8 Å². The molecule has 2 aliphatic rings. The summed E-state index contributed by atoms with van der Waals surface area (Å²) in [7, 11) is 2.95. The molecule has 0 fully saturated rings. The van der Waals surface area contributed by atoms with Gasteiger partial charge >= 0.3 is 11.9 Å². The van der Waals surface area contributed by atoms with Crippen molar-refractivity contribution >= 4 is 47.3 Å². The summed E-state index contributed by atoms with van der Waals surface area (Å²) in [6, 6.07) is 2.41. The van der Waals surface area contributed by atoms with Crippen molar-refractivity contribution in [2.75, 3.05) is 25.2 Å². The molecule has 0 spiro atoms. The summed E-state index contributed by atoms with van der Waals surface area (Å²) in [6.07, 6.45) is 2.27. The molecule has 3 rings (SSSR count). The molecular formula is C21H23F2N4O3S+. The van der Waals surface area contributed by atoms with Crippen molar-refractivity contribution in [1.29, 1.82) is 0 Å². The lowest BCUT2D eigenvalue weighted by molar-refractivity contribution is -0.407. The number of thioether (sulfide) groups is 1. The van der Waals surface area contributed by atoms with Crippen molar-refractivity contribution in [3.8, 4) is 0 Å². The second-order valence-electron chi connectivity index (χ2n) is 7.74. The number of imide groups is 1. The number of halogens is 2. The van der Waals surface area contributed by atoms with E-state index in [4.69, 9.17) is 0 Å². The Hall–Kier alpha value is -2.88. The molecule has 0 bridgehead atoms. The van der Waals surface area contributed by atoms with Gasteiger partial charge in [-0.2, -0.15) is 9.48 Å². The average Bonchev–Trinajstić information content (AvgIpc) is 2.71. The number of fused-ring (bicyclic) bond motifs is 1. The molecule has 1 atom stereocenters. The highest BCUT2D eigenvalue weighted by atomic mass is 32.2. The Balaban J connectivity index is 1.86. The van der Waals surface area contributed by atoms with Crippen molar-refractivity contribution in [3.63, 3.8) is 0 Å². The number of allylic oxidation sites excluding steroid dienone is 1. The van der Waals surface area contributed by atoms with Crippen LogP contribution in [0.25, 0.3) is 0 Å². The number of amidine groups is 1. The maximum Gasteiger partial charge on any atom is 0.445 e. The van der Waals surface area contributed by atoms with E-state index in [0.717, 1.165) is 34.4 Å². The number of nitrogens with one attached hydrogen (secondary N) is 1. The number of amides is 4. The minimum Gasteiger partial charge on any atom is -0.323 e. The lowest BCUT2D eigenvalue weighted by Gasteiger charge is -2.28. The Kier molecular flexibility index (Phi) is 6.68. The molecule has 0 saturated carbocycles. The van der Waals surface area contributed by atoms with Gasteiger partial charge in [0.1, 0.15) is 17.8 Å². The van der Waals surface area contributed by atoms with Gasteiger partial charge in [-0.15, -0.1) is 16.8 Å². The maximum absolute atomic E-state index is 13.8. The number of benzene rings is 1. The molecular weight excluding hydrogens is 426 g/mol. The average molecular weight is 450 g/mol. The van der Waals surface area contributed by atoms with Crippen LogP contribution in [0.2, 0.25) is 0 Å². The van der Waals surface area contributed by atoms with Gasteiger partial charge in [-0.3, -0.25) is 9.59 Å². The maximum atomic E-state index is 13.8. The topological polar surface area (TPSA) is 81.9 Å². The first-order valence-corrected chi connectivity index (χ1v) is 10.7. The molecule has 7 nitrogen and oxygen atoms in total. The molecule has 1 unspecified atom stereocenters. The molecule has 2 aliphatic heterocycles. The number of nitrogens with zero attached hydrogens (tertiary/aromatic N) is 3. The Morgan fingerprint density at radius 1 is 1.32 bits per heavy atom. The smallest absolute Gasteiger partial charge is 0.323 e. The Bertz CT molecular complexity index is 1050. The second-order valence-corrected chi connectivity index (χ2v) is 8.75. The van der Waals surface area contributed by atoms with Gasteiger partial charge in [-0.25, -0.2) is 13.6 Å². The normalized spacial score (nSPS) is 18.8. The van der Waals surface area contributed by atoms with E-state index in [9.17, 15) is 23.2 Å². The lowest BCUT2D eigenvalue weighted by Crippen LogP contribution is -2.52. The molecule has 1 N–H and O–H groups in total. The zero-order valence-electron chi connectivity index (χ0n) is 17.6. The van der Waals surface area contributed by atoms with E-state index in [-0.39, 0.29) is 17.4 Å². The minimum atomic E-state index is -0.872. The third kappa shape index (κ3) is 4.73. The second kappa shape index (κ2) is 9.09. The van der Waals surface area contributed by atoms with Crippen molar-refractivity contribution in [2.24, 2.45) is 16.8 Å². The summed E-state index contributed by atoms with van der Waals surface area (Å²) in [5.74, 6) is -2.82. The number of rotatable bonds is 6. The predicted molar refractivity (Wildman–Crippen MR) is 115 cm³/mol. The van der Waals surface area contributed by atoms with E-state index >= 15 is 0 Å². The number of aliphatic imine (C=N–C) groups is 1. The predicted octanol–water partition coefficient (Wildman–Crippen LogP) is 3.27. The fourth-order valence-corrected chi connectivity index (χ4v) is 4.44. The van der Waals surface area contributed by atoms with Crippen molar-refractivity contribution in [1.82, 2.24) is 4.90 Å². The molecule has 2 heterocycles. The number of anilines is 1. The van der Waals surface area contributed by atoms with Crippen molar-refractivity contribution in [3.05, 3.63) is 40.3 Å². The summed E-state index contributed by atoms with van der Waals surface area (Å²) in [6.45, 7) is 4.05. The first-order chi connectivity index (χ1) is 14.6. The number of carbonyl (C=O) groups is 3. The number of hydrogen-bond acceptors (Lipinski definition) is 5. The number of carbonyl (C=O) groups excluding carboxylic acids is 3. The largest absolute Gasteiger partial charge is 0.445 e. The first kappa shape index (κ1) is 22.8. The van der Waals surface area contributed by atoms with Crippen LogP contribution in [-0.4, -0.2) is 59.2 Å². The Morgan fingerprint density at radius 2 is 2.03 bits per heavy atom. The van der Waals surface area contributed by atoms with E-state index < -0.39 is 35.4 Å². The molecule has 0 saturated heterocycles. The zero-order chi connectivity index (χ0) is 22.9. The van der Waals surface area contributed by atoms with Gasteiger partial charge in [0.05, 0.1) is 25.5 Å². The Labute approximate surface area is 182 Å². The number of hydrogen-bond donors (Lipinski definition) is 1. The highest BCUT2D eigenvalue weighted by Gasteiger charge is 2.48. The molecule has 0 aromatic heterocycles.